The molecule has 1 amide bonds. The molecule has 0 saturated carbocycles. The van der Waals surface area contributed by atoms with Gasteiger partial charge in [-0.25, -0.2) is 13.2 Å². The third-order valence-corrected chi connectivity index (χ3v) is 6.82. The van der Waals surface area contributed by atoms with Crippen LogP contribution < -0.4 is 10.5 Å². The van der Waals surface area contributed by atoms with E-state index >= 15 is 0 Å². The maximum Gasteiger partial charge on any atom is 0.410 e. The predicted molar refractivity (Wildman–Crippen MR) is 123 cm³/mol. The first-order chi connectivity index (χ1) is 14.8. The second-order valence-corrected chi connectivity index (χ2v) is 10.9. The van der Waals surface area contributed by atoms with Crippen molar-refractivity contribution in [3.8, 4) is 11.5 Å². The van der Waals surface area contributed by atoms with Crippen LogP contribution in [0.3, 0.4) is 0 Å². The van der Waals surface area contributed by atoms with Crippen molar-refractivity contribution in [3.63, 3.8) is 0 Å². The summed E-state index contributed by atoms with van der Waals surface area (Å²) >= 11 is 0. The van der Waals surface area contributed by atoms with Crippen molar-refractivity contribution in [2.24, 2.45) is 0 Å². The zero-order chi connectivity index (χ0) is 23.7. The van der Waals surface area contributed by atoms with Gasteiger partial charge in [-0.15, -0.1) is 0 Å². The van der Waals surface area contributed by atoms with E-state index in [-0.39, 0.29) is 36.8 Å². The van der Waals surface area contributed by atoms with Gasteiger partial charge in [0.2, 0.25) is 10.0 Å². The molecule has 1 fully saturated rings. The number of carbonyl (C=O) groups excluding carboxylic acids is 1. The number of aryl methyl sites for hydroxylation is 2. The van der Waals surface area contributed by atoms with Crippen LogP contribution in [0.4, 0.5) is 10.5 Å². The van der Waals surface area contributed by atoms with Crippen LogP contribution in [0.5, 0.6) is 11.5 Å². The molecule has 1 aliphatic heterocycles. The van der Waals surface area contributed by atoms with E-state index in [1.165, 1.54) is 15.3 Å². The van der Waals surface area contributed by atoms with E-state index in [2.05, 4.69) is 0 Å². The first-order valence-electron chi connectivity index (χ1n) is 10.5. The minimum absolute atomic E-state index is 0.00220. The van der Waals surface area contributed by atoms with Crippen LogP contribution in [0, 0.1) is 13.8 Å². The van der Waals surface area contributed by atoms with Crippen LogP contribution in [-0.2, 0) is 14.8 Å². The fourth-order valence-electron chi connectivity index (χ4n) is 3.51. The maximum atomic E-state index is 13.4. The molecule has 1 aliphatic rings. The number of hydrogen-bond acceptors (Lipinski definition) is 6. The number of anilines is 1. The second-order valence-electron chi connectivity index (χ2n) is 9.00. The van der Waals surface area contributed by atoms with E-state index in [0.717, 1.165) is 11.1 Å². The number of nitrogen functional groups attached to an aromatic ring is 1. The standard InChI is InChI=1S/C23H31N3O5S/c1-16-12-17(2)14-19(13-16)30-20-7-6-18(24)15-21(20)32(28,29)26-10-8-25(9-11-26)22(27)31-23(3,4)5/h6-7,12-15H,8-11,24H2,1-5H3. The molecule has 0 spiro atoms. The molecule has 0 radical (unpaired) electrons. The Balaban J connectivity index is 1.81. The van der Waals surface area contributed by atoms with Crippen molar-refractivity contribution in [1.29, 1.82) is 0 Å². The summed E-state index contributed by atoms with van der Waals surface area (Å²) in [6, 6.07) is 10.3. The second kappa shape index (κ2) is 8.99. The highest BCUT2D eigenvalue weighted by molar-refractivity contribution is 7.89. The van der Waals surface area contributed by atoms with Gasteiger partial charge < -0.3 is 20.1 Å². The Morgan fingerprint density at radius 2 is 1.56 bits per heavy atom. The van der Waals surface area contributed by atoms with Crippen LogP contribution in [0.2, 0.25) is 0 Å². The van der Waals surface area contributed by atoms with Crippen molar-refractivity contribution in [2.75, 3.05) is 31.9 Å². The number of sulfonamides is 1. The molecule has 0 aliphatic carbocycles. The average Bonchev–Trinajstić information content (AvgIpc) is 2.67. The molecule has 3 rings (SSSR count). The lowest BCUT2D eigenvalue weighted by Gasteiger charge is -2.35. The summed E-state index contributed by atoms with van der Waals surface area (Å²) in [6.07, 6.45) is -0.447. The Morgan fingerprint density at radius 1 is 0.969 bits per heavy atom. The number of rotatable bonds is 4. The summed E-state index contributed by atoms with van der Waals surface area (Å²) in [7, 11) is -3.89. The SMILES string of the molecule is Cc1cc(C)cc(Oc2ccc(N)cc2S(=O)(=O)N2CCN(C(=O)OC(C)(C)C)CC2)c1. The topological polar surface area (TPSA) is 102 Å². The highest BCUT2D eigenvalue weighted by atomic mass is 32.2. The summed E-state index contributed by atoms with van der Waals surface area (Å²) in [6.45, 7) is 10.1. The Labute approximate surface area is 190 Å². The van der Waals surface area contributed by atoms with Gasteiger partial charge in [-0.2, -0.15) is 4.31 Å². The Hall–Kier alpha value is -2.78. The van der Waals surface area contributed by atoms with Crippen LogP contribution >= 0.6 is 0 Å². The maximum absolute atomic E-state index is 13.4. The molecule has 0 unspecified atom stereocenters. The molecule has 0 aromatic heterocycles. The van der Waals surface area contributed by atoms with E-state index in [1.54, 1.807) is 32.9 Å². The van der Waals surface area contributed by atoms with Gasteiger partial charge in [-0.05, 0) is 76.1 Å². The summed E-state index contributed by atoms with van der Waals surface area (Å²) in [5, 5.41) is 0. The number of amides is 1. The molecule has 9 heteroatoms. The lowest BCUT2D eigenvalue weighted by atomic mass is 10.1. The number of nitrogens with zero attached hydrogens (tertiary/aromatic N) is 2. The van der Waals surface area contributed by atoms with Crippen LogP contribution in [0.25, 0.3) is 0 Å². The van der Waals surface area contributed by atoms with Crippen molar-refractivity contribution in [2.45, 2.75) is 45.1 Å². The zero-order valence-electron chi connectivity index (χ0n) is 19.2. The lowest BCUT2D eigenvalue weighted by molar-refractivity contribution is 0.0192. The number of benzene rings is 2. The van der Waals surface area contributed by atoms with Crippen molar-refractivity contribution < 1.29 is 22.7 Å². The quantitative estimate of drug-likeness (QED) is 0.693. The van der Waals surface area contributed by atoms with Crippen LogP contribution in [0.15, 0.2) is 41.3 Å². The van der Waals surface area contributed by atoms with Gasteiger partial charge in [0.05, 0.1) is 0 Å². The van der Waals surface area contributed by atoms with E-state index in [0.29, 0.717) is 11.4 Å². The fraction of sp³-hybridized carbons (Fsp3) is 0.435. The predicted octanol–water partition coefficient (Wildman–Crippen LogP) is 3.92. The summed E-state index contributed by atoms with van der Waals surface area (Å²) in [4.78, 5) is 13.8. The molecule has 32 heavy (non-hydrogen) atoms. The Bertz CT molecular complexity index is 1080. The van der Waals surface area contributed by atoms with E-state index in [9.17, 15) is 13.2 Å². The highest BCUT2D eigenvalue weighted by Gasteiger charge is 2.33. The molecule has 0 bridgehead atoms. The van der Waals surface area contributed by atoms with Gasteiger partial charge in [0.1, 0.15) is 22.0 Å². The summed E-state index contributed by atoms with van der Waals surface area (Å²) in [5.74, 6) is 0.761. The minimum atomic E-state index is -3.89. The van der Waals surface area contributed by atoms with Gasteiger partial charge in [-0.1, -0.05) is 6.07 Å². The van der Waals surface area contributed by atoms with Gasteiger partial charge in [0.25, 0.3) is 0 Å². The normalized spacial score (nSPS) is 15.5. The van der Waals surface area contributed by atoms with Crippen molar-refractivity contribution in [3.05, 3.63) is 47.5 Å². The average molecular weight is 462 g/mol. The molecule has 2 aromatic carbocycles. The molecular weight excluding hydrogens is 430 g/mol. The van der Waals surface area contributed by atoms with Gasteiger partial charge in [0.15, 0.2) is 0 Å². The minimum Gasteiger partial charge on any atom is -0.456 e. The fourth-order valence-corrected chi connectivity index (χ4v) is 5.08. The van der Waals surface area contributed by atoms with E-state index in [1.807, 2.05) is 32.0 Å². The summed E-state index contributed by atoms with van der Waals surface area (Å²) < 4.78 is 39.6. The smallest absolute Gasteiger partial charge is 0.410 e. The molecule has 174 valence electrons. The molecule has 0 atom stereocenters. The molecule has 8 nitrogen and oxygen atoms in total. The number of hydrogen-bond donors (Lipinski definition) is 1. The number of nitrogens with two attached hydrogens (primary N) is 1. The first kappa shape index (κ1) is 23.9. The Morgan fingerprint density at radius 3 is 2.12 bits per heavy atom. The number of carbonyl (C=O) groups is 1. The van der Waals surface area contributed by atoms with Crippen LogP contribution in [0.1, 0.15) is 31.9 Å². The number of piperazine rings is 1. The van der Waals surface area contributed by atoms with Crippen molar-refractivity contribution >= 4 is 21.8 Å². The van der Waals surface area contributed by atoms with Gasteiger partial charge in [-0.3, -0.25) is 0 Å². The van der Waals surface area contributed by atoms with Gasteiger partial charge >= 0.3 is 6.09 Å². The zero-order valence-corrected chi connectivity index (χ0v) is 20.0. The van der Waals surface area contributed by atoms with E-state index in [4.69, 9.17) is 15.2 Å². The summed E-state index contributed by atoms with van der Waals surface area (Å²) in [5.41, 5.74) is 7.65. The third kappa shape index (κ3) is 5.72. The first-order valence-corrected chi connectivity index (χ1v) is 11.9. The van der Waals surface area contributed by atoms with Crippen molar-refractivity contribution in [1.82, 2.24) is 9.21 Å². The molecular formula is C23H31N3O5S. The molecule has 2 N–H and O–H groups in total. The van der Waals surface area contributed by atoms with Gasteiger partial charge in [0, 0.05) is 31.9 Å². The van der Waals surface area contributed by atoms with Crippen LogP contribution in [-0.4, -0.2) is 55.5 Å². The number of ether oxygens (including phenoxy) is 2. The lowest BCUT2D eigenvalue weighted by Crippen LogP contribution is -2.51. The largest absolute Gasteiger partial charge is 0.456 e. The molecule has 1 saturated heterocycles. The third-order valence-electron chi connectivity index (χ3n) is 4.90. The Kier molecular flexibility index (Phi) is 6.71. The monoisotopic (exact) mass is 461 g/mol. The molecule has 2 aromatic rings. The molecule has 1 heterocycles. The highest BCUT2D eigenvalue weighted by Crippen LogP contribution is 2.33. The van der Waals surface area contributed by atoms with E-state index < -0.39 is 21.7 Å².